The van der Waals surface area contributed by atoms with Gasteiger partial charge in [-0.15, -0.1) is 0 Å². The molecule has 0 bridgehead atoms. The standard InChI is InChI=1S/C20H29FO3/c1-18-6-4-11(22)8-14(18)15(21)9-12-13-5-7-20(3,24)19(13,2)10-16(23)17(12)18/h8,12-13,15-17,23-24H,4-7,9-10H2,1-3H3/t12-,13-,15-,16-,17+,18-,19-,20-/m0/s1. The number of carbonyl (C=O) groups excluding carboxylic acids is 1. The molecule has 0 spiro atoms. The summed E-state index contributed by atoms with van der Waals surface area (Å²) in [5.41, 5.74) is -0.956. The second-order valence-electron chi connectivity index (χ2n) is 9.48. The van der Waals surface area contributed by atoms with E-state index < -0.39 is 23.3 Å². The molecule has 0 amide bonds. The van der Waals surface area contributed by atoms with Gasteiger partial charge >= 0.3 is 0 Å². The highest BCUT2D eigenvalue weighted by Crippen LogP contribution is 2.67. The van der Waals surface area contributed by atoms with Gasteiger partial charge in [-0.25, -0.2) is 4.39 Å². The topological polar surface area (TPSA) is 57.5 Å². The highest BCUT2D eigenvalue weighted by atomic mass is 19.1. The summed E-state index contributed by atoms with van der Waals surface area (Å²) in [6.45, 7) is 6.01. The molecule has 0 heterocycles. The molecule has 0 aromatic rings. The van der Waals surface area contributed by atoms with Crippen LogP contribution in [0.2, 0.25) is 0 Å². The number of rotatable bonds is 0. The minimum absolute atomic E-state index is 0.00387. The van der Waals surface area contributed by atoms with Gasteiger partial charge in [0.05, 0.1) is 11.7 Å². The molecule has 3 saturated carbocycles. The van der Waals surface area contributed by atoms with E-state index in [1.165, 1.54) is 6.08 Å². The van der Waals surface area contributed by atoms with Gasteiger partial charge in [-0.2, -0.15) is 0 Å². The number of ketones is 1. The van der Waals surface area contributed by atoms with Crippen molar-refractivity contribution in [2.45, 2.75) is 77.2 Å². The Morgan fingerprint density at radius 3 is 2.67 bits per heavy atom. The third-order valence-corrected chi connectivity index (χ3v) is 8.44. The molecule has 134 valence electrons. The van der Waals surface area contributed by atoms with Gasteiger partial charge in [-0.1, -0.05) is 13.8 Å². The van der Waals surface area contributed by atoms with Gasteiger partial charge < -0.3 is 10.2 Å². The molecule has 2 N–H and O–H groups in total. The second kappa shape index (κ2) is 4.91. The van der Waals surface area contributed by atoms with Gasteiger partial charge in [0.25, 0.3) is 0 Å². The number of carbonyl (C=O) groups is 1. The van der Waals surface area contributed by atoms with Gasteiger partial charge in [-0.05, 0) is 73.8 Å². The van der Waals surface area contributed by atoms with E-state index in [1.54, 1.807) is 0 Å². The first kappa shape index (κ1) is 16.7. The van der Waals surface area contributed by atoms with Gasteiger partial charge in [0.1, 0.15) is 6.17 Å². The Balaban J connectivity index is 1.79. The van der Waals surface area contributed by atoms with Crippen LogP contribution < -0.4 is 0 Å². The lowest BCUT2D eigenvalue weighted by atomic mass is 9.45. The van der Waals surface area contributed by atoms with Crippen LogP contribution in [0.15, 0.2) is 11.6 Å². The maximum Gasteiger partial charge on any atom is 0.155 e. The normalized spacial score (nSPS) is 57.0. The Hall–Kier alpha value is -0.740. The molecule has 3 fully saturated rings. The average molecular weight is 336 g/mol. The van der Waals surface area contributed by atoms with E-state index in [4.69, 9.17) is 0 Å². The Morgan fingerprint density at radius 2 is 1.96 bits per heavy atom. The predicted octanol–water partition coefficient (Wildman–Crippen LogP) is 3.19. The van der Waals surface area contributed by atoms with Crippen LogP contribution >= 0.6 is 0 Å². The van der Waals surface area contributed by atoms with Crippen molar-refractivity contribution in [2.75, 3.05) is 0 Å². The molecular weight excluding hydrogens is 307 g/mol. The summed E-state index contributed by atoms with van der Waals surface area (Å²) in [6.07, 6.45) is 3.54. The zero-order valence-electron chi connectivity index (χ0n) is 14.9. The van der Waals surface area contributed by atoms with Crippen molar-refractivity contribution in [3.63, 3.8) is 0 Å². The summed E-state index contributed by atoms with van der Waals surface area (Å²) >= 11 is 0. The molecule has 0 radical (unpaired) electrons. The molecular formula is C20H29FO3. The molecule has 4 aliphatic carbocycles. The maximum absolute atomic E-state index is 15.0. The summed E-state index contributed by atoms with van der Waals surface area (Å²) in [5.74, 6) is 0.339. The van der Waals surface area contributed by atoms with Crippen molar-refractivity contribution >= 4 is 5.78 Å². The van der Waals surface area contributed by atoms with Crippen LogP contribution in [0.3, 0.4) is 0 Å². The predicted molar refractivity (Wildman–Crippen MR) is 89.0 cm³/mol. The zero-order chi connectivity index (χ0) is 17.5. The molecule has 0 aromatic heterocycles. The number of hydrogen-bond acceptors (Lipinski definition) is 3. The SMILES string of the molecule is C[C@]12CCC(=O)C=C1[C@@H](F)C[C@@H]1[C@@H]2[C@@H](O)C[C@@]2(C)[C@H]1CC[C@]2(C)O. The smallest absolute Gasteiger partial charge is 0.155 e. The first-order valence-electron chi connectivity index (χ1n) is 9.39. The summed E-state index contributed by atoms with van der Waals surface area (Å²) in [4.78, 5) is 11.8. The molecule has 24 heavy (non-hydrogen) atoms. The zero-order valence-corrected chi connectivity index (χ0v) is 14.9. The number of fused-ring (bicyclic) bond motifs is 5. The average Bonchev–Trinajstić information content (AvgIpc) is 2.71. The maximum atomic E-state index is 15.0. The Kier molecular flexibility index (Phi) is 3.42. The number of alkyl halides is 1. The monoisotopic (exact) mass is 336 g/mol. The van der Waals surface area contributed by atoms with E-state index in [0.717, 1.165) is 12.8 Å². The fourth-order valence-electron chi connectivity index (χ4n) is 6.91. The second-order valence-corrected chi connectivity index (χ2v) is 9.48. The van der Waals surface area contributed by atoms with Crippen LogP contribution in [0.4, 0.5) is 4.39 Å². The molecule has 0 aliphatic heterocycles. The van der Waals surface area contributed by atoms with E-state index >= 15 is 4.39 Å². The van der Waals surface area contributed by atoms with Crippen molar-refractivity contribution in [1.29, 1.82) is 0 Å². The van der Waals surface area contributed by atoms with Crippen molar-refractivity contribution in [1.82, 2.24) is 0 Å². The van der Waals surface area contributed by atoms with E-state index in [-0.39, 0.29) is 29.0 Å². The number of allylic oxidation sites excluding steroid dienone is 1. The minimum Gasteiger partial charge on any atom is -0.393 e. The molecule has 8 atom stereocenters. The van der Waals surface area contributed by atoms with Crippen LogP contribution in [0.5, 0.6) is 0 Å². The number of aliphatic hydroxyl groups excluding tert-OH is 1. The summed E-state index contributed by atoms with van der Waals surface area (Å²) in [5, 5.41) is 22.0. The van der Waals surface area contributed by atoms with Gasteiger partial charge in [-0.3, -0.25) is 4.79 Å². The van der Waals surface area contributed by atoms with Gasteiger partial charge in [0, 0.05) is 11.8 Å². The Morgan fingerprint density at radius 1 is 1.25 bits per heavy atom. The summed E-state index contributed by atoms with van der Waals surface area (Å²) < 4.78 is 15.0. The fourth-order valence-corrected chi connectivity index (χ4v) is 6.91. The molecule has 4 rings (SSSR count). The van der Waals surface area contributed by atoms with E-state index in [1.807, 2.05) is 13.8 Å². The molecule has 4 heteroatoms. The van der Waals surface area contributed by atoms with Crippen molar-refractivity contribution < 1.29 is 19.4 Å². The molecule has 4 aliphatic rings. The number of hydrogen-bond donors (Lipinski definition) is 2. The molecule has 0 unspecified atom stereocenters. The number of halogens is 1. The van der Waals surface area contributed by atoms with Gasteiger partial charge in [0.15, 0.2) is 5.78 Å². The largest absolute Gasteiger partial charge is 0.393 e. The third kappa shape index (κ3) is 1.93. The lowest BCUT2D eigenvalue weighted by molar-refractivity contribution is -0.171. The Bertz CT molecular complexity index is 612. The highest BCUT2D eigenvalue weighted by molar-refractivity contribution is 5.91. The van der Waals surface area contributed by atoms with Crippen LogP contribution in [0.25, 0.3) is 0 Å². The summed E-state index contributed by atoms with van der Waals surface area (Å²) in [7, 11) is 0. The van der Waals surface area contributed by atoms with E-state index in [9.17, 15) is 15.0 Å². The first-order valence-corrected chi connectivity index (χ1v) is 9.39. The van der Waals surface area contributed by atoms with E-state index in [2.05, 4.69) is 6.92 Å². The van der Waals surface area contributed by atoms with Crippen LogP contribution in [0.1, 0.15) is 59.3 Å². The quantitative estimate of drug-likeness (QED) is 0.714. The number of aliphatic hydroxyl groups is 2. The molecule has 0 saturated heterocycles. The van der Waals surface area contributed by atoms with Crippen LogP contribution in [-0.2, 0) is 4.79 Å². The van der Waals surface area contributed by atoms with E-state index in [0.29, 0.717) is 31.3 Å². The summed E-state index contributed by atoms with van der Waals surface area (Å²) in [6, 6.07) is 0. The van der Waals surface area contributed by atoms with Gasteiger partial charge in [0.2, 0.25) is 0 Å². The first-order chi connectivity index (χ1) is 11.1. The highest BCUT2D eigenvalue weighted by Gasteiger charge is 2.66. The molecule has 3 nitrogen and oxygen atoms in total. The van der Waals surface area contributed by atoms with Crippen LogP contribution in [0, 0.1) is 28.6 Å². The molecule has 0 aromatic carbocycles. The third-order valence-electron chi connectivity index (χ3n) is 8.44. The van der Waals surface area contributed by atoms with Crippen molar-refractivity contribution in [3.8, 4) is 0 Å². The minimum atomic E-state index is -1.10. The lowest BCUT2D eigenvalue weighted by Gasteiger charge is -2.61. The fraction of sp³-hybridized carbons (Fsp3) is 0.850. The lowest BCUT2D eigenvalue weighted by Crippen LogP contribution is -2.60. The van der Waals surface area contributed by atoms with Crippen LogP contribution in [-0.4, -0.2) is 33.9 Å². The van der Waals surface area contributed by atoms with Crippen molar-refractivity contribution in [3.05, 3.63) is 11.6 Å². The van der Waals surface area contributed by atoms with Crippen molar-refractivity contribution in [2.24, 2.45) is 28.6 Å². The Labute approximate surface area is 143 Å².